The van der Waals surface area contributed by atoms with E-state index >= 15 is 0 Å². The molecule has 6 heteroatoms. The Kier molecular flexibility index (Phi) is 3.98. The molecular formula is C12H19N3O3. The highest BCUT2D eigenvalue weighted by molar-refractivity contribution is 5.95. The van der Waals surface area contributed by atoms with Crippen LogP contribution >= 0.6 is 0 Å². The van der Waals surface area contributed by atoms with Crippen LogP contribution in [-0.2, 0) is 4.74 Å². The summed E-state index contributed by atoms with van der Waals surface area (Å²) in [4.78, 5) is 14.2. The molecule has 0 spiro atoms. The summed E-state index contributed by atoms with van der Waals surface area (Å²) < 4.78 is 10.3. The Labute approximate surface area is 106 Å². The summed E-state index contributed by atoms with van der Waals surface area (Å²) in [6.07, 6.45) is 3.27. The summed E-state index contributed by atoms with van der Waals surface area (Å²) in [6, 6.07) is 0.0190. The summed E-state index contributed by atoms with van der Waals surface area (Å²) in [5.74, 6) is 0.489. The average Bonchev–Trinajstić information content (AvgIpc) is 2.83. The molecule has 1 fully saturated rings. The predicted molar refractivity (Wildman–Crippen MR) is 65.1 cm³/mol. The summed E-state index contributed by atoms with van der Waals surface area (Å²) in [7, 11) is 1.69. The van der Waals surface area contributed by atoms with Crippen LogP contribution in [0.4, 0.5) is 0 Å². The third kappa shape index (κ3) is 2.39. The van der Waals surface area contributed by atoms with Gasteiger partial charge in [0.25, 0.3) is 5.91 Å². The van der Waals surface area contributed by atoms with E-state index in [0.29, 0.717) is 24.4 Å². The lowest BCUT2D eigenvalue weighted by Crippen LogP contribution is -2.51. The minimum Gasteiger partial charge on any atom is -0.381 e. The molecule has 1 amide bonds. The van der Waals surface area contributed by atoms with E-state index in [1.54, 1.807) is 18.9 Å². The van der Waals surface area contributed by atoms with Gasteiger partial charge in [0.1, 0.15) is 11.3 Å². The fourth-order valence-electron chi connectivity index (χ4n) is 2.38. The Balaban J connectivity index is 2.13. The molecule has 2 unspecified atom stereocenters. The third-order valence-corrected chi connectivity index (χ3v) is 3.52. The zero-order valence-electron chi connectivity index (χ0n) is 10.8. The molecule has 2 heterocycles. The Hall–Kier alpha value is -1.40. The maximum atomic E-state index is 12.4. The van der Waals surface area contributed by atoms with E-state index in [1.807, 2.05) is 0 Å². The van der Waals surface area contributed by atoms with Crippen molar-refractivity contribution in [2.75, 3.05) is 20.2 Å². The van der Waals surface area contributed by atoms with Gasteiger partial charge in [-0.1, -0.05) is 5.16 Å². The van der Waals surface area contributed by atoms with E-state index in [-0.39, 0.29) is 18.1 Å². The zero-order chi connectivity index (χ0) is 13.1. The molecule has 0 aromatic carbocycles. The molecule has 1 saturated heterocycles. The number of aryl methyl sites for hydroxylation is 1. The van der Waals surface area contributed by atoms with Crippen molar-refractivity contribution in [3.63, 3.8) is 0 Å². The van der Waals surface area contributed by atoms with Crippen LogP contribution in [0.25, 0.3) is 0 Å². The Morgan fingerprint density at radius 1 is 1.72 bits per heavy atom. The van der Waals surface area contributed by atoms with Gasteiger partial charge in [-0.15, -0.1) is 0 Å². The molecule has 0 saturated carbocycles. The molecule has 6 nitrogen and oxygen atoms in total. The van der Waals surface area contributed by atoms with Crippen LogP contribution in [-0.4, -0.2) is 48.3 Å². The number of hydrogen-bond donors (Lipinski definition) is 1. The van der Waals surface area contributed by atoms with Gasteiger partial charge < -0.3 is 19.9 Å². The fourth-order valence-corrected chi connectivity index (χ4v) is 2.38. The first-order valence-corrected chi connectivity index (χ1v) is 6.12. The number of methoxy groups -OCH3 is 1. The summed E-state index contributed by atoms with van der Waals surface area (Å²) in [5.41, 5.74) is 6.27. The van der Waals surface area contributed by atoms with Gasteiger partial charge in [0, 0.05) is 26.2 Å². The molecule has 100 valence electrons. The number of carbonyl (C=O) groups is 1. The lowest BCUT2D eigenvalue weighted by atomic mass is 9.98. The smallest absolute Gasteiger partial charge is 0.259 e. The van der Waals surface area contributed by atoms with Crippen molar-refractivity contribution in [3.8, 4) is 0 Å². The number of carbonyl (C=O) groups excluding carboxylic acids is 1. The number of piperidine rings is 1. The molecule has 0 radical (unpaired) electrons. The number of aromatic nitrogens is 1. The lowest BCUT2D eigenvalue weighted by molar-refractivity contribution is 0.0138. The number of hydrogen-bond acceptors (Lipinski definition) is 5. The van der Waals surface area contributed by atoms with E-state index in [4.69, 9.17) is 15.0 Å². The van der Waals surface area contributed by atoms with Crippen molar-refractivity contribution in [1.82, 2.24) is 10.1 Å². The summed E-state index contributed by atoms with van der Waals surface area (Å²) in [6.45, 7) is 2.83. The number of likely N-dealkylation sites (tertiary alicyclic amines) is 1. The molecule has 0 bridgehead atoms. The van der Waals surface area contributed by atoms with E-state index in [0.717, 1.165) is 12.8 Å². The van der Waals surface area contributed by atoms with Crippen LogP contribution in [0.5, 0.6) is 0 Å². The van der Waals surface area contributed by atoms with Crippen molar-refractivity contribution in [3.05, 3.63) is 17.5 Å². The first-order chi connectivity index (χ1) is 8.67. The van der Waals surface area contributed by atoms with E-state index in [9.17, 15) is 4.79 Å². The van der Waals surface area contributed by atoms with Crippen LogP contribution in [0.2, 0.25) is 0 Å². The van der Waals surface area contributed by atoms with E-state index in [2.05, 4.69) is 5.16 Å². The second kappa shape index (κ2) is 5.49. The van der Waals surface area contributed by atoms with Gasteiger partial charge in [-0.2, -0.15) is 0 Å². The molecule has 2 rings (SSSR count). The van der Waals surface area contributed by atoms with Crippen LogP contribution < -0.4 is 5.73 Å². The summed E-state index contributed by atoms with van der Waals surface area (Å²) >= 11 is 0. The van der Waals surface area contributed by atoms with Crippen LogP contribution in [0.1, 0.15) is 29.0 Å². The maximum absolute atomic E-state index is 12.4. The van der Waals surface area contributed by atoms with Gasteiger partial charge in [0.05, 0.1) is 12.3 Å². The SMILES string of the molecule is COC1CCN(C(=O)c2cnoc2C)C(CN)C1. The van der Waals surface area contributed by atoms with Crippen molar-refractivity contribution >= 4 is 5.91 Å². The highest BCUT2D eigenvalue weighted by atomic mass is 16.5. The molecule has 18 heavy (non-hydrogen) atoms. The minimum atomic E-state index is -0.0567. The van der Waals surface area contributed by atoms with Gasteiger partial charge >= 0.3 is 0 Å². The highest BCUT2D eigenvalue weighted by Crippen LogP contribution is 2.22. The van der Waals surface area contributed by atoms with Gasteiger partial charge in [-0.05, 0) is 19.8 Å². The number of ether oxygens (including phenoxy) is 1. The standard InChI is InChI=1S/C12H19N3O3/c1-8-11(7-14-18-8)12(16)15-4-3-10(17-2)5-9(15)6-13/h7,9-10H,3-6,13H2,1-2H3. The minimum absolute atomic E-state index is 0.0190. The predicted octanol–water partition coefficient (Wildman–Crippen LogP) is 0.561. The maximum Gasteiger partial charge on any atom is 0.259 e. The topological polar surface area (TPSA) is 81.6 Å². The Morgan fingerprint density at radius 3 is 3.06 bits per heavy atom. The molecule has 2 atom stereocenters. The molecule has 2 N–H and O–H groups in total. The normalized spacial score (nSPS) is 24.3. The van der Waals surface area contributed by atoms with Crippen LogP contribution in [0, 0.1) is 6.92 Å². The van der Waals surface area contributed by atoms with Crippen molar-refractivity contribution in [1.29, 1.82) is 0 Å². The van der Waals surface area contributed by atoms with Crippen molar-refractivity contribution < 1.29 is 14.1 Å². The quantitative estimate of drug-likeness (QED) is 0.851. The zero-order valence-corrected chi connectivity index (χ0v) is 10.8. The van der Waals surface area contributed by atoms with Crippen molar-refractivity contribution in [2.45, 2.75) is 31.9 Å². The van der Waals surface area contributed by atoms with Crippen molar-refractivity contribution in [2.24, 2.45) is 5.73 Å². The molecule has 1 aromatic rings. The first-order valence-electron chi connectivity index (χ1n) is 6.12. The van der Waals surface area contributed by atoms with Gasteiger partial charge in [0.15, 0.2) is 0 Å². The second-order valence-electron chi connectivity index (χ2n) is 4.57. The van der Waals surface area contributed by atoms with Gasteiger partial charge in [-0.3, -0.25) is 4.79 Å². The van der Waals surface area contributed by atoms with Crippen LogP contribution in [0.3, 0.4) is 0 Å². The third-order valence-electron chi connectivity index (χ3n) is 3.52. The number of nitrogens with zero attached hydrogens (tertiary/aromatic N) is 2. The van der Waals surface area contributed by atoms with E-state index < -0.39 is 0 Å². The van der Waals surface area contributed by atoms with Crippen LogP contribution in [0.15, 0.2) is 10.7 Å². The number of amides is 1. The molecule has 1 aromatic heterocycles. The molecule has 1 aliphatic heterocycles. The van der Waals surface area contributed by atoms with Gasteiger partial charge in [0.2, 0.25) is 0 Å². The number of rotatable bonds is 3. The second-order valence-corrected chi connectivity index (χ2v) is 4.57. The summed E-state index contributed by atoms with van der Waals surface area (Å²) in [5, 5.41) is 3.64. The largest absolute Gasteiger partial charge is 0.381 e. The number of nitrogens with two attached hydrogens (primary N) is 1. The average molecular weight is 253 g/mol. The lowest BCUT2D eigenvalue weighted by Gasteiger charge is -2.38. The fraction of sp³-hybridized carbons (Fsp3) is 0.667. The highest BCUT2D eigenvalue weighted by Gasteiger charge is 2.32. The molecule has 1 aliphatic rings. The Bertz CT molecular complexity index is 418. The van der Waals surface area contributed by atoms with E-state index in [1.165, 1.54) is 6.20 Å². The van der Waals surface area contributed by atoms with Gasteiger partial charge in [-0.25, -0.2) is 0 Å². The molecular weight excluding hydrogens is 234 g/mol. The first kappa shape index (κ1) is 13.0. The Morgan fingerprint density at radius 2 is 2.50 bits per heavy atom. The monoisotopic (exact) mass is 253 g/mol. The molecule has 0 aliphatic carbocycles.